The number of imidazole rings is 1. The Morgan fingerprint density at radius 3 is 2.57 bits per heavy atom. The van der Waals surface area contributed by atoms with E-state index < -0.39 is 0 Å². The fourth-order valence-electron chi connectivity index (χ4n) is 2.38. The van der Waals surface area contributed by atoms with Gasteiger partial charge in [-0.25, -0.2) is 4.98 Å². The van der Waals surface area contributed by atoms with Crippen LogP contribution in [0.4, 0.5) is 0 Å². The average molecular weight is 321 g/mol. The summed E-state index contributed by atoms with van der Waals surface area (Å²) in [5.74, 6) is 2.23. The van der Waals surface area contributed by atoms with Gasteiger partial charge in [-0.1, -0.05) is 17.7 Å². The smallest absolute Gasteiger partial charge is 0.119 e. The molecule has 3 nitrogen and oxygen atoms in total. The number of para-hydroxylation sites is 1. The SMILES string of the molecule is COc1ccc(-n2c(CCCl)nc3c(Cl)cccc32)cc1. The zero-order valence-corrected chi connectivity index (χ0v) is 13.0. The number of benzene rings is 2. The number of aromatic nitrogens is 2. The molecular weight excluding hydrogens is 307 g/mol. The summed E-state index contributed by atoms with van der Waals surface area (Å²) in [5, 5.41) is 0.649. The van der Waals surface area contributed by atoms with Gasteiger partial charge in [0.1, 0.15) is 17.1 Å². The van der Waals surface area contributed by atoms with Crippen molar-refractivity contribution in [2.45, 2.75) is 6.42 Å². The summed E-state index contributed by atoms with van der Waals surface area (Å²) < 4.78 is 7.29. The highest BCUT2D eigenvalue weighted by atomic mass is 35.5. The molecule has 3 rings (SSSR count). The van der Waals surface area contributed by atoms with Gasteiger partial charge in [0.2, 0.25) is 0 Å². The number of rotatable bonds is 4. The monoisotopic (exact) mass is 320 g/mol. The van der Waals surface area contributed by atoms with Crippen LogP contribution in [0.2, 0.25) is 5.02 Å². The van der Waals surface area contributed by atoms with Gasteiger partial charge >= 0.3 is 0 Å². The summed E-state index contributed by atoms with van der Waals surface area (Å²) in [6.07, 6.45) is 0.679. The van der Waals surface area contributed by atoms with Crippen LogP contribution in [0.15, 0.2) is 42.5 Å². The lowest BCUT2D eigenvalue weighted by atomic mass is 10.2. The molecule has 0 aliphatic heterocycles. The van der Waals surface area contributed by atoms with Crippen molar-refractivity contribution in [3.05, 3.63) is 53.3 Å². The Kier molecular flexibility index (Phi) is 4.04. The van der Waals surface area contributed by atoms with Gasteiger partial charge in [0.05, 0.1) is 17.6 Å². The minimum absolute atomic E-state index is 0.511. The number of alkyl halides is 1. The fraction of sp³-hybridized carbons (Fsp3) is 0.188. The van der Waals surface area contributed by atoms with Crippen molar-refractivity contribution in [3.8, 4) is 11.4 Å². The molecule has 0 bridgehead atoms. The summed E-state index contributed by atoms with van der Waals surface area (Å²) in [5.41, 5.74) is 2.79. The number of ether oxygens (including phenoxy) is 1. The maximum Gasteiger partial charge on any atom is 0.119 e. The summed E-state index contributed by atoms with van der Waals surface area (Å²) in [6, 6.07) is 13.6. The minimum atomic E-state index is 0.511. The van der Waals surface area contributed by atoms with Gasteiger partial charge in [-0.05, 0) is 36.4 Å². The van der Waals surface area contributed by atoms with Crippen LogP contribution in [0.5, 0.6) is 5.75 Å². The van der Waals surface area contributed by atoms with Gasteiger partial charge in [0.25, 0.3) is 0 Å². The Bertz CT molecular complexity index is 766. The van der Waals surface area contributed by atoms with E-state index in [1.54, 1.807) is 7.11 Å². The van der Waals surface area contributed by atoms with E-state index in [-0.39, 0.29) is 0 Å². The van der Waals surface area contributed by atoms with Crippen molar-refractivity contribution < 1.29 is 4.74 Å². The van der Waals surface area contributed by atoms with Crippen LogP contribution in [0.25, 0.3) is 16.7 Å². The fourth-order valence-corrected chi connectivity index (χ4v) is 2.77. The molecule has 21 heavy (non-hydrogen) atoms. The molecule has 0 spiro atoms. The second-order valence-electron chi connectivity index (χ2n) is 4.61. The molecule has 108 valence electrons. The largest absolute Gasteiger partial charge is 0.497 e. The molecule has 2 aromatic carbocycles. The minimum Gasteiger partial charge on any atom is -0.497 e. The van der Waals surface area contributed by atoms with Crippen molar-refractivity contribution in [2.24, 2.45) is 0 Å². The van der Waals surface area contributed by atoms with Gasteiger partial charge in [-0.15, -0.1) is 11.6 Å². The molecule has 0 atom stereocenters. The Morgan fingerprint density at radius 1 is 1.14 bits per heavy atom. The average Bonchev–Trinajstić information content (AvgIpc) is 2.87. The van der Waals surface area contributed by atoms with E-state index in [0.717, 1.165) is 28.3 Å². The lowest BCUT2D eigenvalue weighted by Gasteiger charge is -2.09. The molecule has 1 heterocycles. The molecule has 0 radical (unpaired) electrons. The van der Waals surface area contributed by atoms with E-state index in [9.17, 15) is 0 Å². The summed E-state index contributed by atoms with van der Waals surface area (Å²) in [6.45, 7) is 0. The lowest BCUT2D eigenvalue weighted by Crippen LogP contribution is -2.02. The first kappa shape index (κ1) is 14.2. The Morgan fingerprint density at radius 2 is 1.90 bits per heavy atom. The van der Waals surface area contributed by atoms with Crippen LogP contribution in [0, 0.1) is 0 Å². The first-order valence-electron chi connectivity index (χ1n) is 6.61. The topological polar surface area (TPSA) is 27.1 Å². The van der Waals surface area contributed by atoms with E-state index in [2.05, 4.69) is 9.55 Å². The Labute approximate surface area is 133 Å². The standard InChI is InChI=1S/C16H14Cl2N2O/c1-21-12-7-5-11(6-8-12)20-14-4-2-3-13(18)16(14)19-15(20)9-10-17/h2-8H,9-10H2,1H3. The zero-order chi connectivity index (χ0) is 14.8. The molecular formula is C16H14Cl2N2O. The number of methoxy groups -OCH3 is 1. The number of hydrogen-bond donors (Lipinski definition) is 0. The van der Waals surface area contributed by atoms with E-state index in [4.69, 9.17) is 27.9 Å². The predicted molar refractivity (Wildman–Crippen MR) is 87.1 cm³/mol. The summed E-state index contributed by atoms with van der Waals surface area (Å²) in [4.78, 5) is 4.64. The molecule has 0 saturated heterocycles. The molecule has 1 aromatic heterocycles. The number of hydrogen-bond acceptors (Lipinski definition) is 2. The van der Waals surface area contributed by atoms with Crippen molar-refractivity contribution in [3.63, 3.8) is 0 Å². The van der Waals surface area contributed by atoms with Gasteiger partial charge in [0.15, 0.2) is 0 Å². The number of fused-ring (bicyclic) bond motifs is 1. The molecule has 5 heteroatoms. The molecule has 0 amide bonds. The highest BCUT2D eigenvalue weighted by Crippen LogP contribution is 2.28. The molecule has 0 saturated carbocycles. The van der Waals surface area contributed by atoms with E-state index in [1.165, 1.54) is 0 Å². The first-order valence-corrected chi connectivity index (χ1v) is 7.52. The van der Waals surface area contributed by atoms with Crippen molar-refractivity contribution in [2.75, 3.05) is 13.0 Å². The van der Waals surface area contributed by atoms with Crippen molar-refractivity contribution in [1.82, 2.24) is 9.55 Å². The zero-order valence-electron chi connectivity index (χ0n) is 11.5. The highest BCUT2D eigenvalue weighted by molar-refractivity contribution is 6.35. The Balaban J connectivity index is 2.22. The lowest BCUT2D eigenvalue weighted by molar-refractivity contribution is 0.414. The van der Waals surface area contributed by atoms with Crippen LogP contribution < -0.4 is 4.74 Å². The molecule has 0 unspecified atom stereocenters. The number of aryl methyl sites for hydroxylation is 1. The summed E-state index contributed by atoms with van der Waals surface area (Å²) in [7, 11) is 1.65. The maximum absolute atomic E-state index is 6.25. The van der Waals surface area contributed by atoms with E-state index in [0.29, 0.717) is 17.3 Å². The van der Waals surface area contributed by atoms with Crippen molar-refractivity contribution >= 4 is 34.2 Å². The van der Waals surface area contributed by atoms with Gasteiger partial charge in [-0.2, -0.15) is 0 Å². The van der Waals surface area contributed by atoms with Crippen LogP contribution >= 0.6 is 23.2 Å². The first-order chi connectivity index (χ1) is 10.2. The predicted octanol–water partition coefficient (Wildman–Crippen LogP) is 4.47. The van der Waals surface area contributed by atoms with E-state index in [1.807, 2.05) is 42.5 Å². The number of halogens is 2. The summed E-state index contributed by atoms with van der Waals surface area (Å²) >= 11 is 12.2. The third-order valence-electron chi connectivity index (χ3n) is 3.35. The molecule has 0 aliphatic carbocycles. The van der Waals surface area contributed by atoms with Gasteiger partial charge in [-0.3, -0.25) is 4.57 Å². The second-order valence-corrected chi connectivity index (χ2v) is 5.39. The molecule has 0 aliphatic rings. The van der Waals surface area contributed by atoms with Crippen molar-refractivity contribution in [1.29, 1.82) is 0 Å². The number of nitrogens with zero attached hydrogens (tertiary/aromatic N) is 2. The van der Waals surface area contributed by atoms with Gasteiger partial charge < -0.3 is 4.74 Å². The van der Waals surface area contributed by atoms with E-state index >= 15 is 0 Å². The molecule has 0 fully saturated rings. The Hall–Kier alpha value is -1.71. The highest BCUT2D eigenvalue weighted by Gasteiger charge is 2.14. The van der Waals surface area contributed by atoms with Crippen LogP contribution in [0.1, 0.15) is 5.82 Å². The third kappa shape index (κ3) is 2.59. The quantitative estimate of drug-likeness (QED) is 0.663. The molecule has 0 N–H and O–H groups in total. The van der Waals surface area contributed by atoms with Crippen LogP contribution in [-0.4, -0.2) is 22.5 Å². The van der Waals surface area contributed by atoms with Crippen LogP contribution in [-0.2, 0) is 6.42 Å². The van der Waals surface area contributed by atoms with Gasteiger partial charge in [0, 0.05) is 18.0 Å². The second kappa shape index (κ2) is 5.96. The maximum atomic E-state index is 6.25. The molecule has 3 aromatic rings. The third-order valence-corrected chi connectivity index (χ3v) is 3.85. The normalized spacial score (nSPS) is 11.0. The van der Waals surface area contributed by atoms with Crippen LogP contribution in [0.3, 0.4) is 0 Å².